The lowest BCUT2D eigenvalue weighted by atomic mass is 10.2. The van der Waals surface area contributed by atoms with E-state index < -0.39 is 0 Å². The molecule has 0 aliphatic carbocycles. The Balaban J connectivity index is 2.19. The van der Waals surface area contributed by atoms with Crippen LogP contribution < -0.4 is 10.6 Å². The van der Waals surface area contributed by atoms with E-state index in [4.69, 9.17) is 5.73 Å². The Hall–Kier alpha value is -2.10. The highest BCUT2D eigenvalue weighted by atomic mass is 15.2. The summed E-state index contributed by atoms with van der Waals surface area (Å²) in [5.41, 5.74) is 9.77. The van der Waals surface area contributed by atoms with E-state index in [9.17, 15) is 0 Å². The molecule has 1 aromatic carbocycles. The Labute approximate surface area is 107 Å². The lowest BCUT2D eigenvalue weighted by molar-refractivity contribution is 0.877. The van der Waals surface area contributed by atoms with Crippen LogP contribution in [-0.2, 0) is 6.54 Å². The van der Waals surface area contributed by atoms with Crippen LogP contribution in [0.4, 0.5) is 11.5 Å². The van der Waals surface area contributed by atoms with Crippen LogP contribution in [0.1, 0.15) is 17.0 Å². The van der Waals surface area contributed by atoms with Gasteiger partial charge in [-0.25, -0.2) is 4.98 Å². The van der Waals surface area contributed by atoms with Crippen molar-refractivity contribution in [3.8, 4) is 0 Å². The van der Waals surface area contributed by atoms with Gasteiger partial charge in [0.2, 0.25) is 0 Å². The number of aryl methyl sites for hydroxylation is 2. The summed E-state index contributed by atoms with van der Waals surface area (Å²) in [5, 5.41) is 0. The highest BCUT2D eigenvalue weighted by Gasteiger charge is 2.07. The SMILES string of the molecule is Cc1ncc(N(C)Cc2ccccc2N)nc1C. The molecule has 0 amide bonds. The van der Waals surface area contributed by atoms with Crippen LogP contribution in [0.15, 0.2) is 30.5 Å². The van der Waals surface area contributed by atoms with Crippen molar-refractivity contribution in [1.82, 2.24) is 9.97 Å². The topological polar surface area (TPSA) is 55.0 Å². The maximum Gasteiger partial charge on any atom is 0.147 e. The van der Waals surface area contributed by atoms with Crippen LogP contribution in [0, 0.1) is 13.8 Å². The van der Waals surface area contributed by atoms with E-state index in [1.807, 2.05) is 50.1 Å². The van der Waals surface area contributed by atoms with Crippen LogP contribution >= 0.6 is 0 Å². The van der Waals surface area contributed by atoms with Gasteiger partial charge in [0, 0.05) is 19.3 Å². The number of hydrogen-bond acceptors (Lipinski definition) is 4. The molecule has 94 valence electrons. The minimum absolute atomic E-state index is 0.726. The molecule has 0 atom stereocenters. The molecule has 0 saturated heterocycles. The van der Waals surface area contributed by atoms with Gasteiger partial charge < -0.3 is 10.6 Å². The van der Waals surface area contributed by atoms with Crippen molar-refractivity contribution in [2.45, 2.75) is 20.4 Å². The zero-order valence-corrected chi connectivity index (χ0v) is 11.0. The molecule has 1 aromatic heterocycles. The molecular formula is C14H18N4. The number of aromatic nitrogens is 2. The first-order chi connectivity index (χ1) is 8.58. The van der Waals surface area contributed by atoms with E-state index in [2.05, 4.69) is 9.97 Å². The predicted octanol–water partition coefficient (Wildman–Crippen LogP) is 2.31. The molecule has 4 nitrogen and oxygen atoms in total. The zero-order chi connectivity index (χ0) is 13.1. The standard InChI is InChI=1S/C14H18N4/c1-10-11(2)17-14(8-16-10)18(3)9-12-6-4-5-7-13(12)15/h4-8H,9,15H2,1-3H3. The second kappa shape index (κ2) is 5.04. The zero-order valence-electron chi connectivity index (χ0n) is 11.0. The number of rotatable bonds is 3. The average Bonchev–Trinajstić information content (AvgIpc) is 2.35. The van der Waals surface area contributed by atoms with Crippen molar-refractivity contribution >= 4 is 11.5 Å². The molecule has 0 fully saturated rings. The molecule has 18 heavy (non-hydrogen) atoms. The van der Waals surface area contributed by atoms with Crippen molar-refractivity contribution in [1.29, 1.82) is 0 Å². The lowest BCUT2D eigenvalue weighted by Gasteiger charge is -2.19. The first-order valence-corrected chi connectivity index (χ1v) is 5.92. The van der Waals surface area contributed by atoms with Crippen molar-refractivity contribution in [3.05, 3.63) is 47.4 Å². The summed E-state index contributed by atoms with van der Waals surface area (Å²) in [4.78, 5) is 10.9. The maximum absolute atomic E-state index is 5.94. The van der Waals surface area contributed by atoms with Crippen LogP contribution in [0.3, 0.4) is 0 Å². The summed E-state index contributed by atoms with van der Waals surface area (Å²) in [5.74, 6) is 0.862. The Morgan fingerprint density at radius 1 is 1.17 bits per heavy atom. The Bertz CT molecular complexity index is 551. The minimum Gasteiger partial charge on any atom is -0.398 e. The molecule has 0 spiro atoms. The first-order valence-electron chi connectivity index (χ1n) is 5.92. The van der Waals surface area contributed by atoms with E-state index in [-0.39, 0.29) is 0 Å². The van der Waals surface area contributed by atoms with Gasteiger partial charge in [0.1, 0.15) is 5.82 Å². The molecule has 1 heterocycles. The average molecular weight is 242 g/mol. The third-order valence-corrected chi connectivity index (χ3v) is 3.03. The highest BCUT2D eigenvalue weighted by molar-refractivity contribution is 5.49. The summed E-state index contributed by atoms with van der Waals surface area (Å²) >= 11 is 0. The number of nitrogens with zero attached hydrogens (tertiary/aromatic N) is 3. The van der Waals surface area contributed by atoms with Gasteiger partial charge >= 0.3 is 0 Å². The Morgan fingerprint density at radius 2 is 1.89 bits per heavy atom. The fraction of sp³-hybridized carbons (Fsp3) is 0.286. The molecule has 4 heteroatoms. The smallest absolute Gasteiger partial charge is 0.147 e. The molecule has 2 aromatic rings. The summed E-state index contributed by atoms with van der Waals surface area (Å²) in [7, 11) is 1.99. The molecule has 0 saturated carbocycles. The van der Waals surface area contributed by atoms with Gasteiger partial charge in [-0.2, -0.15) is 0 Å². The fourth-order valence-corrected chi connectivity index (χ4v) is 1.73. The quantitative estimate of drug-likeness (QED) is 0.839. The molecule has 0 bridgehead atoms. The van der Waals surface area contributed by atoms with Gasteiger partial charge in [-0.15, -0.1) is 0 Å². The number of hydrogen-bond donors (Lipinski definition) is 1. The summed E-state index contributed by atoms with van der Waals surface area (Å²) < 4.78 is 0. The molecule has 0 aliphatic rings. The Kier molecular flexibility index (Phi) is 3.46. The van der Waals surface area contributed by atoms with Crippen molar-refractivity contribution in [2.75, 3.05) is 17.7 Å². The van der Waals surface area contributed by atoms with Gasteiger partial charge in [-0.1, -0.05) is 18.2 Å². The van der Waals surface area contributed by atoms with E-state index in [0.29, 0.717) is 0 Å². The number of anilines is 2. The van der Waals surface area contributed by atoms with Crippen molar-refractivity contribution < 1.29 is 0 Å². The maximum atomic E-state index is 5.94. The first kappa shape index (κ1) is 12.4. The number of nitrogens with two attached hydrogens (primary N) is 1. The third kappa shape index (κ3) is 2.59. The number of nitrogen functional groups attached to an aromatic ring is 1. The molecule has 2 rings (SSSR count). The highest BCUT2D eigenvalue weighted by Crippen LogP contribution is 2.17. The normalized spacial score (nSPS) is 10.4. The summed E-state index contributed by atoms with van der Waals surface area (Å²) in [6.45, 7) is 4.65. The van der Waals surface area contributed by atoms with Gasteiger partial charge in [-0.3, -0.25) is 4.98 Å². The predicted molar refractivity (Wildman–Crippen MR) is 74.5 cm³/mol. The van der Waals surface area contributed by atoms with Gasteiger partial charge in [0.15, 0.2) is 0 Å². The van der Waals surface area contributed by atoms with E-state index in [1.165, 1.54) is 0 Å². The third-order valence-electron chi connectivity index (χ3n) is 3.03. The minimum atomic E-state index is 0.726. The lowest BCUT2D eigenvalue weighted by Crippen LogP contribution is -2.19. The van der Waals surface area contributed by atoms with Crippen molar-refractivity contribution in [3.63, 3.8) is 0 Å². The van der Waals surface area contributed by atoms with E-state index in [1.54, 1.807) is 6.20 Å². The van der Waals surface area contributed by atoms with Crippen molar-refractivity contribution in [2.24, 2.45) is 0 Å². The van der Waals surface area contributed by atoms with Crippen LogP contribution in [0.2, 0.25) is 0 Å². The van der Waals surface area contributed by atoms with E-state index in [0.717, 1.165) is 35.0 Å². The molecule has 2 N–H and O–H groups in total. The number of para-hydroxylation sites is 1. The molecule has 0 aliphatic heterocycles. The second-order valence-electron chi connectivity index (χ2n) is 4.45. The van der Waals surface area contributed by atoms with Gasteiger partial charge in [-0.05, 0) is 25.5 Å². The van der Waals surface area contributed by atoms with E-state index >= 15 is 0 Å². The fourth-order valence-electron chi connectivity index (χ4n) is 1.73. The van der Waals surface area contributed by atoms with Gasteiger partial charge in [0.05, 0.1) is 17.6 Å². The largest absolute Gasteiger partial charge is 0.398 e. The van der Waals surface area contributed by atoms with Crippen LogP contribution in [0.5, 0.6) is 0 Å². The molecular weight excluding hydrogens is 224 g/mol. The summed E-state index contributed by atoms with van der Waals surface area (Å²) in [6.07, 6.45) is 1.79. The number of benzene rings is 1. The monoisotopic (exact) mass is 242 g/mol. The molecule has 0 radical (unpaired) electrons. The van der Waals surface area contributed by atoms with Crippen LogP contribution in [0.25, 0.3) is 0 Å². The molecule has 0 unspecified atom stereocenters. The Morgan fingerprint density at radius 3 is 2.56 bits per heavy atom. The second-order valence-corrected chi connectivity index (χ2v) is 4.45. The summed E-state index contributed by atoms with van der Waals surface area (Å²) in [6, 6.07) is 7.87. The van der Waals surface area contributed by atoms with Crippen LogP contribution in [-0.4, -0.2) is 17.0 Å². The van der Waals surface area contributed by atoms with Gasteiger partial charge in [0.25, 0.3) is 0 Å².